The third kappa shape index (κ3) is 9.89. The Morgan fingerprint density at radius 1 is 1.00 bits per heavy atom. The van der Waals surface area contributed by atoms with Crippen molar-refractivity contribution in [2.75, 3.05) is 6.61 Å². The first-order valence-electron chi connectivity index (χ1n) is 13.8. The molecule has 3 nitrogen and oxygen atoms in total. The number of hydrogen-bond acceptors (Lipinski definition) is 3. The molecule has 0 N–H and O–H groups in total. The van der Waals surface area contributed by atoms with Gasteiger partial charge in [0, 0.05) is 19.0 Å². The van der Waals surface area contributed by atoms with Gasteiger partial charge in [-0.05, 0) is 93.4 Å². The average molecular weight is 447 g/mol. The fraction of sp³-hybridized carbons (Fsp3) is 0.862. The van der Waals surface area contributed by atoms with Crippen molar-refractivity contribution in [2.24, 2.45) is 23.2 Å². The van der Waals surface area contributed by atoms with E-state index in [0.29, 0.717) is 6.10 Å². The summed E-state index contributed by atoms with van der Waals surface area (Å²) in [6, 6.07) is 0. The molecule has 1 heterocycles. The van der Waals surface area contributed by atoms with Crippen LogP contribution in [0.4, 0.5) is 0 Å². The summed E-state index contributed by atoms with van der Waals surface area (Å²) < 4.78 is 6.21. The van der Waals surface area contributed by atoms with E-state index in [1.54, 1.807) is 0 Å². The predicted octanol–water partition coefficient (Wildman–Crippen LogP) is 8.59. The summed E-state index contributed by atoms with van der Waals surface area (Å²) in [4.78, 5) is 8.08. The zero-order chi connectivity index (χ0) is 24.0. The van der Waals surface area contributed by atoms with Crippen molar-refractivity contribution < 1.29 is 4.74 Å². The van der Waals surface area contributed by atoms with Crippen molar-refractivity contribution in [1.82, 2.24) is 9.97 Å². The number of aromatic nitrogens is 2. The first kappa shape index (κ1) is 29.1. The highest BCUT2D eigenvalue weighted by Crippen LogP contribution is 2.61. The average Bonchev–Trinajstić information content (AvgIpc) is 3.47. The van der Waals surface area contributed by atoms with Crippen molar-refractivity contribution in [3.63, 3.8) is 0 Å². The van der Waals surface area contributed by atoms with Gasteiger partial charge in [0.2, 0.25) is 0 Å². The van der Waals surface area contributed by atoms with Gasteiger partial charge in [0.1, 0.15) is 5.82 Å². The van der Waals surface area contributed by atoms with E-state index in [9.17, 15) is 0 Å². The van der Waals surface area contributed by atoms with Crippen LogP contribution in [0, 0.1) is 30.1 Å². The van der Waals surface area contributed by atoms with Gasteiger partial charge in [-0.3, -0.25) is 0 Å². The van der Waals surface area contributed by atoms with Crippen LogP contribution in [0.5, 0.6) is 0 Å². The summed E-state index contributed by atoms with van der Waals surface area (Å²) in [6.45, 7) is 18.5. The molecule has 0 amide bonds. The van der Waals surface area contributed by atoms with Crippen molar-refractivity contribution in [1.29, 1.82) is 0 Å². The summed E-state index contributed by atoms with van der Waals surface area (Å²) >= 11 is 0. The number of aryl methyl sites for hydroxylation is 2. The van der Waals surface area contributed by atoms with Crippen LogP contribution in [0.15, 0.2) is 12.4 Å². The van der Waals surface area contributed by atoms with E-state index in [1.165, 1.54) is 69.8 Å². The van der Waals surface area contributed by atoms with Crippen molar-refractivity contribution in [2.45, 2.75) is 132 Å². The molecule has 2 fully saturated rings. The van der Waals surface area contributed by atoms with Crippen LogP contribution in [0.3, 0.4) is 0 Å². The second-order valence-corrected chi connectivity index (χ2v) is 10.2. The van der Waals surface area contributed by atoms with Gasteiger partial charge in [-0.1, -0.05) is 61.3 Å². The molecular weight excluding hydrogens is 392 g/mol. The Kier molecular flexibility index (Phi) is 14.4. The zero-order valence-electron chi connectivity index (χ0n) is 22.8. The topological polar surface area (TPSA) is 35.0 Å². The van der Waals surface area contributed by atoms with Gasteiger partial charge >= 0.3 is 0 Å². The molecule has 0 bridgehead atoms. The Bertz CT molecular complexity index is 579. The number of ether oxygens (including phenoxy) is 1. The first-order valence-corrected chi connectivity index (χ1v) is 13.8. The minimum atomic E-state index is 0.552. The first-order chi connectivity index (χ1) is 15.4. The maximum Gasteiger partial charge on any atom is 0.125 e. The fourth-order valence-corrected chi connectivity index (χ4v) is 5.62. The number of hydrogen-bond donors (Lipinski definition) is 0. The van der Waals surface area contributed by atoms with Crippen LogP contribution in [0.2, 0.25) is 0 Å². The summed E-state index contributed by atoms with van der Waals surface area (Å²) in [5, 5.41) is 0. The Morgan fingerprint density at radius 2 is 1.62 bits per heavy atom. The van der Waals surface area contributed by atoms with Gasteiger partial charge in [-0.25, -0.2) is 9.97 Å². The lowest BCUT2D eigenvalue weighted by Gasteiger charge is -2.32. The van der Waals surface area contributed by atoms with Crippen LogP contribution >= 0.6 is 0 Å². The highest BCUT2D eigenvalue weighted by atomic mass is 16.5. The fourth-order valence-electron chi connectivity index (χ4n) is 5.62. The van der Waals surface area contributed by atoms with Crippen LogP contribution in [-0.2, 0) is 11.2 Å². The van der Waals surface area contributed by atoms with E-state index in [2.05, 4.69) is 44.6 Å². The highest BCUT2D eigenvalue weighted by Gasteiger charge is 2.50. The normalized spacial score (nSPS) is 25.8. The van der Waals surface area contributed by atoms with Gasteiger partial charge in [-0.2, -0.15) is 0 Å². The Hall–Kier alpha value is -0.960. The molecule has 1 aromatic rings. The Morgan fingerprint density at radius 3 is 2.16 bits per heavy atom. The van der Waals surface area contributed by atoms with E-state index in [-0.39, 0.29) is 0 Å². The molecule has 4 atom stereocenters. The summed E-state index contributed by atoms with van der Waals surface area (Å²) in [5.41, 5.74) is 1.94. The molecule has 0 spiro atoms. The largest absolute Gasteiger partial charge is 0.378 e. The molecule has 32 heavy (non-hydrogen) atoms. The smallest absolute Gasteiger partial charge is 0.125 e. The second-order valence-electron chi connectivity index (χ2n) is 10.2. The van der Waals surface area contributed by atoms with E-state index in [1.807, 2.05) is 33.2 Å². The van der Waals surface area contributed by atoms with Crippen LogP contribution < -0.4 is 0 Å². The standard InChI is InChI=1S/C20H38O.C7H10N2.C2H6/c1-5-11-20(12-6-2)15-18(20)8-7-13-21-19-10-9-16(3)14-17(19)4;1-3-7-4-8-6(2)9-5-7;1-2/h16-19H,5-15H2,1-4H3;4-5H,3H2,1-2H3;1-2H3/t16?,17-,18?,19?;;/m1../s1. The molecule has 2 aliphatic carbocycles. The van der Waals surface area contributed by atoms with Crippen LogP contribution in [-0.4, -0.2) is 22.7 Å². The molecular formula is C29H54N2O. The lowest BCUT2D eigenvalue weighted by atomic mass is 9.81. The minimum Gasteiger partial charge on any atom is -0.378 e. The van der Waals surface area contributed by atoms with E-state index >= 15 is 0 Å². The maximum atomic E-state index is 6.21. The van der Waals surface area contributed by atoms with Gasteiger partial charge in [0.15, 0.2) is 0 Å². The third-order valence-corrected chi connectivity index (χ3v) is 7.48. The number of nitrogens with zero attached hydrogens (tertiary/aromatic N) is 2. The molecule has 0 aliphatic heterocycles. The quantitative estimate of drug-likeness (QED) is 0.337. The van der Waals surface area contributed by atoms with Gasteiger partial charge in [0.25, 0.3) is 0 Å². The third-order valence-electron chi connectivity index (χ3n) is 7.48. The van der Waals surface area contributed by atoms with E-state index in [0.717, 1.165) is 42.0 Å². The molecule has 186 valence electrons. The monoisotopic (exact) mass is 446 g/mol. The molecule has 0 saturated heterocycles. The molecule has 3 rings (SSSR count). The predicted molar refractivity (Wildman–Crippen MR) is 139 cm³/mol. The van der Waals surface area contributed by atoms with Gasteiger partial charge in [0.05, 0.1) is 6.10 Å². The maximum absolute atomic E-state index is 6.21. The van der Waals surface area contributed by atoms with Crippen LogP contribution in [0.25, 0.3) is 0 Å². The SMILES string of the molecule is CC.CCCC1(CCC)CC1CCCOC1CCC(C)C[C@H]1C.CCc1cnc(C)nc1. The van der Waals surface area contributed by atoms with Gasteiger partial charge in [-0.15, -0.1) is 0 Å². The lowest BCUT2D eigenvalue weighted by molar-refractivity contribution is -0.0169. The molecule has 2 aliphatic rings. The minimum absolute atomic E-state index is 0.552. The second kappa shape index (κ2) is 15.8. The number of rotatable bonds is 10. The van der Waals surface area contributed by atoms with Crippen molar-refractivity contribution in [3.8, 4) is 0 Å². The van der Waals surface area contributed by atoms with E-state index < -0.39 is 0 Å². The molecule has 3 unspecified atom stereocenters. The van der Waals surface area contributed by atoms with Crippen molar-refractivity contribution in [3.05, 3.63) is 23.8 Å². The summed E-state index contributed by atoms with van der Waals surface area (Å²) in [7, 11) is 0. The highest BCUT2D eigenvalue weighted by molar-refractivity contribution is 5.03. The molecule has 0 radical (unpaired) electrons. The molecule has 2 saturated carbocycles. The molecule has 3 heteroatoms. The van der Waals surface area contributed by atoms with Crippen LogP contribution in [0.1, 0.15) is 124 Å². The molecule has 1 aromatic heterocycles. The zero-order valence-corrected chi connectivity index (χ0v) is 22.8. The lowest BCUT2D eigenvalue weighted by Crippen LogP contribution is -2.29. The Labute approximate surface area is 200 Å². The Balaban J connectivity index is 0.000000388. The molecule has 0 aromatic carbocycles. The van der Waals surface area contributed by atoms with Gasteiger partial charge < -0.3 is 4.74 Å². The summed E-state index contributed by atoms with van der Waals surface area (Å²) in [6.07, 6.45) is 19.2. The summed E-state index contributed by atoms with van der Waals surface area (Å²) in [5.74, 6) is 3.54. The van der Waals surface area contributed by atoms with Crippen molar-refractivity contribution >= 4 is 0 Å². The van der Waals surface area contributed by atoms with E-state index in [4.69, 9.17) is 4.74 Å².